The number of alkyl carbamates (subject to hydrolysis) is 1. The van der Waals surface area contributed by atoms with Crippen molar-refractivity contribution in [2.75, 3.05) is 38.2 Å². The van der Waals surface area contributed by atoms with Crippen molar-refractivity contribution >= 4 is 34.3 Å². The average molecular weight is 467 g/mol. The maximum atomic E-state index is 13.5. The van der Waals surface area contributed by atoms with E-state index in [0.29, 0.717) is 54.3 Å². The number of aromatic amines is 1. The fraction of sp³-hybridized carbons (Fsp3) is 0.600. The molecule has 9 nitrogen and oxygen atoms in total. The highest BCUT2D eigenvalue weighted by atomic mass is 16.5. The third-order valence-electron chi connectivity index (χ3n) is 7.53. The smallest absolute Gasteiger partial charge is 0.407 e. The number of nitrogens with one attached hydrogen (secondary N) is 2. The molecule has 182 valence electrons. The summed E-state index contributed by atoms with van der Waals surface area (Å²) in [7, 11) is 1.35. The highest BCUT2D eigenvalue weighted by Gasteiger charge is 2.40. The van der Waals surface area contributed by atoms with E-state index in [1.54, 1.807) is 0 Å². The number of ketones is 1. The number of methoxy groups -OCH3 is 1. The number of Topliss-reactive ketones (excluding diaryl/α,β-unsaturated/α-hetero) is 1. The van der Waals surface area contributed by atoms with Crippen molar-refractivity contribution in [1.82, 2.24) is 20.2 Å². The lowest BCUT2D eigenvalue weighted by Gasteiger charge is -2.41. The standard InChI is InChI=1S/C25H34N6O3/c1-6-30-11-12-31(16(2)15-30)21-14-19-18(13-20(21)26-4)28-23(29-19)22(32)25(3)9-7-17(8-10-25)27-24(33)34-5/h13-14,16-17H,6-12,15H2,1-3,5H3,(H,27,33)(H,28,29). The molecule has 0 spiro atoms. The molecule has 1 amide bonds. The number of nitrogens with zero attached hydrogens (tertiary/aromatic N) is 4. The fourth-order valence-electron chi connectivity index (χ4n) is 5.28. The molecule has 1 aromatic heterocycles. The van der Waals surface area contributed by atoms with Gasteiger partial charge in [0.25, 0.3) is 0 Å². The second-order valence-electron chi connectivity index (χ2n) is 9.79. The Morgan fingerprint density at radius 3 is 2.68 bits per heavy atom. The lowest BCUT2D eigenvalue weighted by atomic mass is 9.71. The van der Waals surface area contributed by atoms with Crippen LogP contribution in [0.25, 0.3) is 15.9 Å². The molecule has 2 aliphatic rings. The maximum Gasteiger partial charge on any atom is 0.407 e. The number of carbonyl (C=O) groups excluding carboxylic acids is 2. The van der Waals surface area contributed by atoms with E-state index in [4.69, 9.17) is 6.57 Å². The van der Waals surface area contributed by atoms with Crippen LogP contribution in [0, 0.1) is 12.0 Å². The predicted molar refractivity (Wildman–Crippen MR) is 132 cm³/mol. The van der Waals surface area contributed by atoms with Crippen LogP contribution in [0.2, 0.25) is 0 Å². The van der Waals surface area contributed by atoms with E-state index in [1.807, 2.05) is 19.1 Å². The molecule has 1 unspecified atom stereocenters. The van der Waals surface area contributed by atoms with E-state index in [9.17, 15) is 9.59 Å². The summed E-state index contributed by atoms with van der Waals surface area (Å²) in [4.78, 5) is 41.3. The van der Waals surface area contributed by atoms with Crippen LogP contribution in [-0.2, 0) is 4.74 Å². The number of benzene rings is 1. The molecule has 34 heavy (non-hydrogen) atoms. The first-order chi connectivity index (χ1) is 16.3. The summed E-state index contributed by atoms with van der Waals surface area (Å²) in [5.74, 6) is 0.324. The molecule has 2 heterocycles. The van der Waals surface area contributed by atoms with Crippen LogP contribution in [0.1, 0.15) is 57.1 Å². The Balaban J connectivity index is 1.55. The third kappa shape index (κ3) is 4.60. The Morgan fingerprint density at radius 2 is 2.06 bits per heavy atom. The van der Waals surface area contributed by atoms with Gasteiger partial charge >= 0.3 is 6.09 Å². The van der Waals surface area contributed by atoms with Gasteiger partial charge in [-0.2, -0.15) is 0 Å². The fourth-order valence-corrected chi connectivity index (χ4v) is 5.28. The van der Waals surface area contributed by atoms with Gasteiger partial charge in [-0.05, 0) is 51.3 Å². The lowest BCUT2D eigenvalue weighted by Crippen LogP contribution is -2.51. The summed E-state index contributed by atoms with van der Waals surface area (Å²) < 4.78 is 4.69. The van der Waals surface area contributed by atoms with Crippen LogP contribution >= 0.6 is 0 Å². The molecule has 2 N–H and O–H groups in total. The second-order valence-corrected chi connectivity index (χ2v) is 9.79. The van der Waals surface area contributed by atoms with Gasteiger partial charge in [-0.15, -0.1) is 0 Å². The van der Waals surface area contributed by atoms with Gasteiger partial charge in [0, 0.05) is 42.8 Å². The summed E-state index contributed by atoms with van der Waals surface area (Å²) in [5.41, 5.74) is 2.34. The molecule has 1 atom stereocenters. The normalized spacial score (nSPS) is 25.7. The molecule has 4 rings (SSSR count). The van der Waals surface area contributed by atoms with Gasteiger partial charge in [-0.1, -0.05) is 13.8 Å². The largest absolute Gasteiger partial charge is 0.453 e. The maximum absolute atomic E-state index is 13.5. The highest BCUT2D eigenvalue weighted by molar-refractivity contribution is 6.01. The summed E-state index contributed by atoms with van der Waals surface area (Å²) in [6.45, 7) is 17.9. The summed E-state index contributed by atoms with van der Waals surface area (Å²) in [6.07, 6.45) is 2.31. The zero-order valence-corrected chi connectivity index (χ0v) is 20.5. The molecule has 2 fully saturated rings. The van der Waals surface area contributed by atoms with Gasteiger partial charge in [0.2, 0.25) is 11.5 Å². The van der Waals surface area contributed by atoms with Crippen LogP contribution in [-0.4, -0.2) is 72.1 Å². The number of aromatic nitrogens is 2. The lowest BCUT2D eigenvalue weighted by molar-refractivity contribution is 0.0715. The van der Waals surface area contributed by atoms with E-state index >= 15 is 0 Å². The minimum absolute atomic E-state index is 0.0166. The van der Waals surface area contributed by atoms with Crippen molar-refractivity contribution in [1.29, 1.82) is 0 Å². The van der Waals surface area contributed by atoms with Crippen molar-refractivity contribution in [3.8, 4) is 0 Å². The van der Waals surface area contributed by atoms with Crippen molar-refractivity contribution in [2.24, 2.45) is 5.41 Å². The van der Waals surface area contributed by atoms with Crippen LogP contribution < -0.4 is 10.2 Å². The van der Waals surface area contributed by atoms with Crippen molar-refractivity contribution in [3.63, 3.8) is 0 Å². The monoisotopic (exact) mass is 466 g/mol. The van der Waals surface area contributed by atoms with E-state index in [1.165, 1.54) is 7.11 Å². The number of imidazole rings is 1. The van der Waals surface area contributed by atoms with Gasteiger partial charge in [0.05, 0.1) is 24.7 Å². The zero-order valence-electron chi connectivity index (χ0n) is 20.5. The first kappa shape index (κ1) is 24.0. The summed E-state index contributed by atoms with van der Waals surface area (Å²) in [6, 6.07) is 4.08. The summed E-state index contributed by atoms with van der Waals surface area (Å²) >= 11 is 0. The minimum Gasteiger partial charge on any atom is -0.453 e. The van der Waals surface area contributed by atoms with Gasteiger partial charge in [-0.25, -0.2) is 14.6 Å². The minimum atomic E-state index is -0.543. The van der Waals surface area contributed by atoms with Crippen LogP contribution in [0.4, 0.5) is 16.2 Å². The molecule has 1 aromatic carbocycles. The molecular formula is C25H34N6O3. The Bertz CT molecular complexity index is 1110. The van der Waals surface area contributed by atoms with Gasteiger partial charge in [-0.3, -0.25) is 9.69 Å². The molecule has 1 saturated carbocycles. The highest BCUT2D eigenvalue weighted by Crippen LogP contribution is 2.40. The van der Waals surface area contributed by atoms with Crippen molar-refractivity contribution < 1.29 is 14.3 Å². The van der Waals surface area contributed by atoms with E-state index < -0.39 is 11.5 Å². The molecule has 0 bridgehead atoms. The quantitative estimate of drug-likeness (QED) is 0.508. The van der Waals surface area contributed by atoms with Crippen LogP contribution in [0.15, 0.2) is 12.1 Å². The van der Waals surface area contributed by atoms with Gasteiger partial charge in [0.15, 0.2) is 5.82 Å². The topological polar surface area (TPSA) is 94.9 Å². The van der Waals surface area contributed by atoms with E-state index in [-0.39, 0.29) is 11.8 Å². The molecule has 2 aromatic rings. The molecule has 1 aliphatic heterocycles. The molecule has 9 heteroatoms. The van der Waals surface area contributed by atoms with E-state index in [0.717, 1.165) is 31.9 Å². The first-order valence-corrected chi connectivity index (χ1v) is 12.1. The molecule has 1 aliphatic carbocycles. The summed E-state index contributed by atoms with van der Waals surface area (Å²) in [5, 5.41) is 2.83. The molecule has 0 radical (unpaired) electrons. The number of hydrogen-bond donors (Lipinski definition) is 2. The van der Waals surface area contributed by atoms with Gasteiger partial charge in [0.1, 0.15) is 0 Å². The Hall–Kier alpha value is -3.12. The number of rotatable bonds is 5. The SMILES string of the molecule is [C-]#[N+]c1cc2[nH]c(C(=O)C3(C)CCC(NC(=O)OC)CC3)nc2cc1N1CCN(CC)CC1C. The Kier molecular flexibility index (Phi) is 6.80. The van der Waals surface area contributed by atoms with E-state index in [2.05, 4.69) is 48.5 Å². The molecule has 1 saturated heterocycles. The number of likely N-dealkylation sites (N-methyl/N-ethyl adjacent to an activating group) is 1. The number of carbonyl (C=O) groups is 2. The zero-order chi connectivity index (χ0) is 24.5. The first-order valence-electron chi connectivity index (χ1n) is 12.1. The number of amides is 1. The second kappa shape index (κ2) is 9.63. The van der Waals surface area contributed by atoms with Crippen molar-refractivity contribution in [3.05, 3.63) is 29.4 Å². The van der Waals surface area contributed by atoms with Crippen LogP contribution in [0.3, 0.4) is 0 Å². The number of fused-ring (bicyclic) bond motifs is 1. The Morgan fingerprint density at radius 1 is 1.32 bits per heavy atom. The molecular weight excluding hydrogens is 432 g/mol. The number of piperazine rings is 1. The Labute approximate surface area is 200 Å². The van der Waals surface area contributed by atoms with Crippen LogP contribution in [0.5, 0.6) is 0 Å². The average Bonchev–Trinajstić information content (AvgIpc) is 3.26. The van der Waals surface area contributed by atoms with Crippen molar-refractivity contribution in [2.45, 2.75) is 58.5 Å². The predicted octanol–water partition coefficient (Wildman–Crippen LogP) is 4.13. The number of H-pyrrole nitrogens is 1. The number of hydrogen-bond acceptors (Lipinski definition) is 6. The number of ether oxygens (including phenoxy) is 1. The third-order valence-corrected chi connectivity index (χ3v) is 7.53. The van der Waals surface area contributed by atoms with Gasteiger partial charge < -0.3 is 19.9 Å². The number of anilines is 1.